The van der Waals surface area contributed by atoms with E-state index in [0.717, 1.165) is 0 Å². The minimum Gasteiger partial charge on any atom is -0.303 e. The molecule has 3 N–H and O–H groups in total. The molecule has 0 amide bonds. The molecular formula is H3LiO4PSe. The van der Waals surface area contributed by atoms with Crippen LogP contribution in [0, 0.1) is 0 Å². The largest absolute Gasteiger partial charge is 0.466 e. The van der Waals surface area contributed by atoms with Gasteiger partial charge >= 0.3 is 7.82 Å². The van der Waals surface area contributed by atoms with Crippen molar-refractivity contribution in [2.75, 3.05) is 0 Å². The first-order valence-corrected chi connectivity index (χ1v) is 2.35. The molecular weight excluding hydrogens is 181 g/mol. The van der Waals surface area contributed by atoms with E-state index in [9.17, 15) is 0 Å². The Labute approximate surface area is 63.2 Å². The Morgan fingerprint density at radius 2 is 1.14 bits per heavy atom. The Balaban J connectivity index is -0.0000000800. The maximum atomic E-state index is 8.88. The number of hydrogen-bond acceptors (Lipinski definition) is 1. The fourth-order valence-corrected chi connectivity index (χ4v) is 0. The molecule has 0 unspecified atom stereocenters. The quantitative estimate of drug-likeness (QED) is 0.310. The third-order valence-corrected chi connectivity index (χ3v) is 0. The topological polar surface area (TPSA) is 77.8 Å². The van der Waals surface area contributed by atoms with E-state index in [-0.39, 0.29) is 35.9 Å². The van der Waals surface area contributed by atoms with Gasteiger partial charge in [-0.15, -0.1) is 0 Å². The monoisotopic (exact) mass is 185 g/mol. The van der Waals surface area contributed by atoms with Crippen LogP contribution < -0.4 is 0 Å². The summed E-state index contributed by atoms with van der Waals surface area (Å²) in [5.41, 5.74) is 0. The van der Waals surface area contributed by atoms with Crippen molar-refractivity contribution in [3.63, 3.8) is 0 Å². The number of rotatable bonds is 0. The third-order valence-electron chi connectivity index (χ3n) is 0. The zero-order valence-corrected chi connectivity index (χ0v) is 6.21. The van der Waals surface area contributed by atoms with Crippen molar-refractivity contribution in [1.82, 2.24) is 0 Å². The van der Waals surface area contributed by atoms with E-state index < -0.39 is 7.82 Å². The first-order chi connectivity index (χ1) is 2.00. The molecule has 0 aromatic carbocycles. The van der Waals surface area contributed by atoms with E-state index in [4.69, 9.17) is 19.2 Å². The summed E-state index contributed by atoms with van der Waals surface area (Å²) in [5.74, 6) is 0. The number of hydrogen-bond donors (Lipinski definition) is 3. The molecule has 3 radical (unpaired) electrons. The van der Waals surface area contributed by atoms with Gasteiger partial charge in [0.25, 0.3) is 0 Å². The van der Waals surface area contributed by atoms with E-state index in [1.54, 1.807) is 0 Å². The SMILES string of the molecule is O=P(O)(O)O.[Li].[Se]. The molecule has 7 heteroatoms. The van der Waals surface area contributed by atoms with Crippen molar-refractivity contribution < 1.29 is 19.2 Å². The Hall–Kier alpha value is 1.23. The Morgan fingerprint density at radius 1 is 1.14 bits per heavy atom. The van der Waals surface area contributed by atoms with Crippen LogP contribution in [0.1, 0.15) is 0 Å². The standard InChI is InChI=1S/Li.H3O4P.Se/c;1-5(2,3)4;/h;(H3,1,2,3,4);. The van der Waals surface area contributed by atoms with Crippen LogP contribution in [-0.2, 0) is 4.57 Å². The molecule has 0 aliphatic heterocycles. The van der Waals surface area contributed by atoms with E-state index in [2.05, 4.69) is 0 Å². The van der Waals surface area contributed by atoms with Crippen LogP contribution in [-0.4, -0.2) is 50.6 Å². The van der Waals surface area contributed by atoms with Gasteiger partial charge in [-0.25, -0.2) is 4.57 Å². The average molecular weight is 184 g/mol. The van der Waals surface area contributed by atoms with E-state index in [1.807, 2.05) is 0 Å². The molecule has 0 spiro atoms. The second-order valence-corrected chi connectivity index (χ2v) is 1.54. The third kappa shape index (κ3) is 131. The van der Waals surface area contributed by atoms with Crippen LogP contribution >= 0.6 is 7.82 Å². The molecule has 0 aliphatic carbocycles. The Bertz CT molecular complexity index is 57.8. The summed E-state index contributed by atoms with van der Waals surface area (Å²) < 4.78 is 8.88. The van der Waals surface area contributed by atoms with Gasteiger partial charge in [-0.2, -0.15) is 0 Å². The Morgan fingerprint density at radius 3 is 1.14 bits per heavy atom. The van der Waals surface area contributed by atoms with Gasteiger partial charge in [0.1, 0.15) is 0 Å². The fraction of sp³-hybridized carbons (Fsp3) is 0. The van der Waals surface area contributed by atoms with Gasteiger partial charge in [0, 0.05) is 35.9 Å². The van der Waals surface area contributed by atoms with Crippen LogP contribution in [0.15, 0.2) is 0 Å². The fourth-order valence-electron chi connectivity index (χ4n) is 0. The molecule has 0 bridgehead atoms. The summed E-state index contributed by atoms with van der Waals surface area (Å²) >= 11 is 0. The molecule has 4 nitrogen and oxygen atoms in total. The minimum absolute atomic E-state index is 0. The summed E-state index contributed by atoms with van der Waals surface area (Å²) in [6.07, 6.45) is 0. The Kier molecular flexibility index (Phi) is 12.1. The van der Waals surface area contributed by atoms with Crippen molar-refractivity contribution in [1.29, 1.82) is 0 Å². The summed E-state index contributed by atoms with van der Waals surface area (Å²) in [7, 11) is -4.64. The van der Waals surface area contributed by atoms with Crippen LogP contribution in [0.5, 0.6) is 0 Å². The second kappa shape index (κ2) is 5.37. The maximum absolute atomic E-state index is 8.88. The van der Waals surface area contributed by atoms with Gasteiger partial charge in [-0.05, 0) is 0 Å². The molecule has 7 heavy (non-hydrogen) atoms. The average Bonchev–Trinajstić information content (AvgIpc) is 0.722. The summed E-state index contributed by atoms with van der Waals surface area (Å²) in [4.78, 5) is 21.6. The zero-order chi connectivity index (χ0) is 4.50. The van der Waals surface area contributed by atoms with Crippen molar-refractivity contribution >= 4 is 43.8 Å². The molecule has 0 aliphatic rings. The normalized spacial score (nSPS) is 8.43. The van der Waals surface area contributed by atoms with Crippen molar-refractivity contribution in [3.05, 3.63) is 0 Å². The zero-order valence-electron chi connectivity index (χ0n) is 3.61. The maximum Gasteiger partial charge on any atom is 0.466 e. The predicted molar refractivity (Wildman–Crippen MR) is 25.8 cm³/mol. The van der Waals surface area contributed by atoms with Crippen molar-refractivity contribution in [2.24, 2.45) is 0 Å². The van der Waals surface area contributed by atoms with Crippen molar-refractivity contribution in [2.45, 2.75) is 0 Å². The molecule has 0 heterocycles. The van der Waals surface area contributed by atoms with Crippen LogP contribution in [0.2, 0.25) is 0 Å². The molecule has 0 saturated carbocycles. The van der Waals surface area contributed by atoms with E-state index in [0.29, 0.717) is 0 Å². The molecule has 0 atom stereocenters. The molecule has 0 fully saturated rings. The smallest absolute Gasteiger partial charge is 0.303 e. The van der Waals surface area contributed by atoms with Gasteiger partial charge in [0.05, 0.1) is 0 Å². The second-order valence-electron chi connectivity index (χ2n) is 0.513. The molecule has 39 valence electrons. The predicted octanol–water partition coefficient (Wildman–Crippen LogP) is -1.69. The van der Waals surface area contributed by atoms with Crippen LogP contribution in [0.4, 0.5) is 0 Å². The molecule has 0 rings (SSSR count). The minimum atomic E-state index is -4.64. The van der Waals surface area contributed by atoms with E-state index in [1.165, 1.54) is 0 Å². The summed E-state index contributed by atoms with van der Waals surface area (Å²) in [6.45, 7) is 0. The van der Waals surface area contributed by atoms with Crippen LogP contribution in [0.3, 0.4) is 0 Å². The van der Waals surface area contributed by atoms with E-state index >= 15 is 0 Å². The van der Waals surface area contributed by atoms with Gasteiger partial charge in [0.2, 0.25) is 0 Å². The summed E-state index contributed by atoms with van der Waals surface area (Å²) in [6, 6.07) is 0. The van der Waals surface area contributed by atoms with Gasteiger partial charge in [-0.1, -0.05) is 0 Å². The molecule has 0 aromatic rings. The summed E-state index contributed by atoms with van der Waals surface area (Å²) in [5, 5.41) is 0. The molecule has 0 aromatic heterocycles. The van der Waals surface area contributed by atoms with Gasteiger partial charge < -0.3 is 14.7 Å². The first kappa shape index (κ1) is 15.7. The van der Waals surface area contributed by atoms with Gasteiger partial charge in [-0.3, -0.25) is 0 Å². The van der Waals surface area contributed by atoms with Crippen LogP contribution in [0.25, 0.3) is 0 Å². The molecule has 0 saturated heterocycles. The van der Waals surface area contributed by atoms with Gasteiger partial charge in [0.15, 0.2) is 0 Å². The number of phosphoric acid groups is 1. The van der Waals surface area contributed by atoms with Crippen molar-refractivity contribution in [3.8, 4) is 0 Å². The first-order valence-electron chi connectivity index (χ1n) is 0.783.